The lowest BCUT2D eigenvalue weighted by molar-refractivity contribution is 0.426. The molecule has 21 heavy (non-hydrogen) atoms. The molecule has 1 aliphatic rings. The highest BCUT2D eigenvalue weighted by Crippen LogP contribution is 2.24. The number of hydrogen-bond acceptors (Lipinski definition) is 3. The van der Waals surface area contributed by atoms with Gasteiger partial charge in [0.1, 0.15) is 4.90 Å². The predicted octanol–water partition coefficient (Wildman–Crippen LogP) is 1.82. The zero-order valence-corrected chi connectivity index (χ0v) is 13.1. The van der Waals surface area contributed by atoms with Crippen LogP contribution < -0.4 is 0 Å². The quantitative estimate of drug-likeness (QED) is 0.920. The number of hydrogen-bond donors (Lipinski definition) is 1. The lowest BCUT2D eigenvalue weighted by atomic mass is 10.0. The highest BCUT2D eigenvalue weighted by Gasteiger charge is 2.30. The van der Waals surface area contributed by atoms with Gasteiger partial charge in [0.05, 0.1) is 11.4 Å². The molecule has 0 atom stereocenters. The van der Waals surface area contributed by atoms with E-state index in [0.717, 1.165) is 12.8 Å². The second-order valence-electron chi connectivity index (χ2n) is 5.44. The lowest BCUT2D eigenvalue weighted by Crippen LogP contribution is -2.33. The Morgan fingerprint density at radius 3 is 2.14 bits per heavy atom. The molecule has 0 unspecified atom stereocenters. The van der Waals surface area contributed by atoms with Crippen LogP contribution >= 0.6 is 0 Å². The van der Waals surface area contributed by atoms with Crippen LogP contribution in [-0.2, 0) is 22.9 Å². The fourth-order valence-corrected chi connectivity index (χ4v) is 4.71. The minimum atomic E-state index is -3.48. The molecule has 1 aliphatic heterocycles. The summed E-state index contributed by atoms with van der Waals surface area (Å²) in [6, 6.07) is 8.18. The topological polar surface area (TPSA) is 66.1 Å². The summed E-state index contributed by atoms with van der Waals surface area (Å²) < 4.78 is 27.3. The van der Waals surface area contributed by atoms with E-state index in [1.165, 1.54) is 11.1 Å². The molecule has 2 heterocycles. The van der Waals surface area contributed by atoms with Crippen LogP contribution in [-0.4, -0.2) is 36.0 Å². The third kappa shape index (κ3) is 2.49. The van der Waals surface area contributed by atoms with Gasteiger partial charge in [0, 0.05) is 13.1 Å². The van der Waals surface area contributed by atoms with Crippen LogP contribution in [0.25, 0.3) is 0 Å². The van der Waals surface area contributed by atoms with Crippen molar-refractivity contribution in [1.29, 1.82) is 0 Å². The van der Waals surface area contributed by atoms with Gasteiger partial charge in [-0.25, -0.2) is 8.42 Å². The number of aromatic amines is 1. The van der Waals surface area contributed by atoms with Crippen LogP contribution in [0.15, 0.2) is 29.2 Å². The van der Waals surface area contributed by atoms with Crippen LogP contribution in [0.3, 0.4) is 0 Å². The van der Waals surface area contributed by atoms with E-state index >= 15 is 0 Å². The molecule has 1 aromatic carbocycles. The summed E-state index contributed by atoms with van der Waals surface area (Å²) in [5.41, 5.74) is 3.63. The van der Waals surface area contributed by atoms with Crippen molar-refractivity contribution in [1.82, 2.24) is 14.5 Å². The smallest absolute Gasteiger partial charge is 0.246 e. The minimum absolute atomic E-state index is 0.327. The molecule has 112 valence electrons. The van der Waals surface area contributed by atoms with Gasteiger partial charge >= 0.3 is 0 Å². The first-order chi connectivity index (χ1) is 10.00. The van der Waals surface area contributed by atoms with Crippen LogP contribution in [0.2, 0.25) is 0 Å². The summed E-state index contributed by atoms with van der Waals surface area (Å²) in [6.07, 6.45) is 1.51. The number of aryl methyl sites for hydroxylation is 2. The molecule has 0 fully saturated rings. The molecular formula is C15H19N3O2S. The fourth-order valence-electron chi connectivity index (χ4n) is 2.94. The average molecular weight is 305 g/mol. The second-order valence-corrected chi connectivity index (χ2v) is 7.31. The number of benzene rings is 1. The van der Waals surface area contributed by atoms with Gasteiger partial charge in [-0.1, -0.05) is 24.3 Å². The first-order valence-electron chi connectivity index (χ1n) is 7.08. The van der Waals surface area contributed by atoms with Crippen molar-refractivity contribution >= 4 is 10.0 Å². The Bertz CT molecular complexity index is 718. The Labute approximate surface area is 125 Å². The standard InChI is InChI=1S/C15H19N3O2S/c1-11-15(12(2)17-16-11)21(19,20)18-9-7-13-5-3-4-6-14(13)8-10-18/h3-6H,7-10H2,1-2H3,(H,16,17). The van der Waals surface area contributed by atoms with E-state index in [4.69, 9.17) is 0 Å². The van der Waals surface area contributed by atoms with Gasteiger partial charge in [-0.05, 0) is 37.8 Å². The maximum atomic E-state index is 12.9. The van der Waals surface area contributed by atoms with Crippen molar-refractivity contribution in [3.05, 3.63) is 46.8 Å². The van der Waals surface area contributed by atoms with Gasteiger partial charge in [0.15, 0.2) is 0 Å². The Hall–Kier alpha value is -1.66. The monoisotopic (exact) mass is 305 g/mol. The molecule has 0 radical (unpaired) electrons. The summed E-state index contributed by atoms with van der Waals surface area (Å²) in [7, 11) is -3.48. The molecule has 6 heteroatoms. The molecule has 3 rings (SSSR count). The Morgan fingerprint density at radius 2 is 1.67 bits per heavy atom. The largest absolute Gasteiger partial charge is 0.281 e. The number of H-pyrrole nitrogens is 1. The molecule has 0 saturated carbocycles. The molecule has 0 bridgehead atoms. The summed E-state index contributed by atoms with van der Waals surface area (Å²) in [5, 5.41) is 6.77. The zero-order valence-electron chi connectivity index (χ0n) is 12.3. The summed E-state index contributed by atoms with van der Waals surface area (Å²) in [4.78, 5) is 0.327. The number of nitrogens with zero attached hydrogens (tertiary/aromatic N) is 2. The molecular weight excluding hydrogens is 286 g/mol. The van der Waals surface area contributed by atoms with Crippen molar-refractivity contribution in [2.75, 3.05) is 13.1 Å². The normalized spacial score (nSPS) is 16.5. The Balaban J connectivity index is 1.92. The summed E-state index contributed by atoms with van der Waals surface area (Å²) in [5.74, 6) is 0. The van der Waals surface area contributed by atoms with E-state index in [-0.39, 0.29) is 0 Å². The van der Waals surface area contributed by atoms with Crippen LogP contribution in [0.5, 0.6) is 0 Å². The lowest BCUT2D eigenvalue weighted by Gasteiger charge is -2.20. The van der Waals surface area contributed by atoms with E-state index in [2.05, 4.69) is 22.3 Å². The minimum Gasteiger partial charge on any atom is -0.281 e. The predicted molar refractivity (Wildman–Crippen MR) is 80.7 cm³/mol. The molecule has 2 aromatic rings. The highest BCUT2D eigenvalue weighted by atomic mass is 32.2. The maximum absolute atomic E-state index is 12.9. The number of sulfonamides is 1. The fraction of sp³-hybridized carbons (Fsp3) is 0.400. The molecule has 5 nitrogen and oxygen atoms in total. The van der Waals surface area contributed by atoms with E-state index in [1.807, 2.05) is 12.1 Å². The third-order valence-electron chi connectivity index (χ3n) is 4.04. The van der Waals surface area contributed by atoms with Crippen LogP contribution in [0.4, 0.5) is 0 Å². The van der Waals surface area contributed by atoms with E-state index < -0.39 is 10.0 Å². The second kappa shape index (κ2) is 5.27. The van der Waals surface area contributed by atoms with Gasteiger partial charge in [0.2, 0.25) is 10.0 Å². The van der Waals surface area contributed by atoms with Crippen LogP contribution in [0.1, 0.15) is 22.5 Å². The van der Waals surface area contributed by atoms with Crippen molar-refractivity contribution in [3.8, 4) is 0 Å². The van der Waals surface area contributed by atoms with Crippen LogP contribution in [0, 0.1) is 13.8 Å². The zero-order chi connectivity index (χ0) is 15.0. The van der Waals surface area contributed by atoms with E-state index in [1.54, 1.807) is 18.2 Å². The van der Waals surface area contributed by atoms with Gasteiger partial charge in [-0.2, -0.15) is 9.40 Å². The Kier molecular flexibility index (Phi) is 3.59. The molecule has 0 spiro atoms. The van der Waals surface area contributed by atoms with Gasteiger partial charge in [-0.15, -0.1) is 0 Å². The third-order valence-corrected chi connectivity index (χ3v) is 6.20. The van der Waals surface area contributed by atoms with Crippen molar-refractivity contribution in [2.45, 2.75) is 31.6 Å². The number of aromatic nitrogens is 2. The molecule has 1 aromatic heterocycles. The van der Waals surface area contributed by atoms with E-state index in [9.17, 15) is 8.42 Å². The molecule has 0 amide bonds. The number of rotatable bonds is 2. The summed E-state index contributed by atoms with van der Waals surface area (Å²) >= 11 is 0. The molecule has 0 aliphatic carbocycles. The molecule has 1 N–H and O–H groups in total. The Morgan fingerprint density at radius 1 is 1.10 bits per heavy atom. The van der Waals surface area contributed by atoms with Gasteiger partial charge in [0.25, 0.3) is 0 Å². The van der Waals surface area contributed by atoms with Crippen molar-refractivity contribution in [2.24, 2.45) is 0 Å². The maximum Gasteiger partial charge on any atom is 0.246 e. The SMILES string of the molecule is Cc1n[nH]c(C)c1S(=O)(=O)N1CCc2ccccc2CC1. The first-order valence-corrected chi connectivity index (χ1v) is 8.52. The van der Waals surface area contributed by atoms with Gasteiger partial charge in [-0.3, -0.25) is 5.10 Å². The number of fused-ring (bicyclic) bond motifs is 1. The first kappa shape index (κ1) is 14.3. The average Bonchev–Trinajstić information content (AvgIpc) is 2.68. The molecule has 0 saturated heterocycles. The summed E-state index contributed by atoms with van der Waals surface area (Å²) in [6.45, 7) is 4.51. The van der Waals surface area contributed by atoms with Crippen molar-refractivity contribution < 1.29 is 8.42 Å². The number of nitrogens with one attached hydrogen (secondary N) is 1. The highest BCUT2D eigenvalue weighted by molar-refractivity contribution is 7.89. The van der Waals surface area contributed by atoms with Gasteiger partial charge < -0.3 is 0 Å². The van der Waals surface area contributed by atoms with Crippen molar-refractivity contribution in [3.63, 3.8) is 0 Å². The van der Waals surface area contributed by atoms with E-state index in [0.29, 0.717) is 29.4 Å².